The van der Waals surface area contributed by atoms with E-state index in [4.69, 9.17) is 18.9 Å². The number of aldehydes is 1. The van der Waals surface area contributed by atoms with Crippen LogP contribution in [-0.2, 0) is 33.3 Å². The van der Waals surface area contributed by atoms with Gasteiger partial charge in [0, 0.05) is 12.8 Å². The van der Waals surface area contributed by atoms with E-state index in [1.165, 1.54) is 0 Å². The SMILES string of the molecule is C=CC/C=C\C/C=C\CCCCCCCC(=O)O[C@H](COC(=O)CCCCCCC/C=C/C/C=C/CC=C)CO[C@@H]1O[C@H](C=O)[C@H](O)[C@H](O)[C@H]1O. The van der Waals surface area contributed by atoms with Gasteiger partial charge in [-0.15, -0.1) is 13.2 Å². The van der Waals surface area contributed by atoms with Crippen molar-refractivity contribution in [3.63, 3.8) is 0 Å². The molecule has 288 valence electrons. The molecule has 0 bridgehead atoms. The largest absolute Gasteiger partial charge is 0.462 e. The van der Waals surface area contributed by atoms with Gasteiger partial charge in [-0.3, -0.25) is 9.59 Å². The third-order valence-corrected chi connectivity index (χ3v) is 8.24. The maximum absolute atomic E-state index is 12.7. The van der Waals surface area contributed by atoms with Gasteiger partial charge in [-0.05, 0) is 64.2 Å². The number of esters is 2. The van der Waals surface area contributed by atoms with Crippen LogP contribution in [0.4, 0.5) is 0 Å². The summed E-state index contributed by atoms with van der Waals surface area (Å²) >= 11 is 0. The van der Waals surface area contributed by atoms with Crippen LogP contribution in [0.3, 0.4) is 0 Å². The fraction of sp³-hybridized carbons (Fsp3) is 0.634. The molecule has 0 aliphatic carbocycles. The molecule has 0 unspecified atom stereocenters. The van der Waals surface area contributed by atoms with Crippen molar-refractivity contribution >= 4 is 18.2 Å². The Hall–Kier alpha value is -3.15. The first-order chi connectivity index (χ1) is 24.8. The van der Waals surface area contributed by atoms with Gasteiger partial charge in [0.25, 0.3) is 0 Å². The first-order valence-electron chi connectivity index (χ1n) is 18.8. The molecule has 6 atom stereocenters. The summed E-state index contributed by atoms with van der Waals surface area (Å²) in [6, 6.07) is 0. The smallest absolute Gasteiger partial charge is 0.306 e. The van der Waals surface area contributed by atoms with Gasteiger partial charge in [0.1, 0.15) is 31.0 Å². The quantitative estimate of drug-likeness (QED) is 0.0294. The molecule has 0 spiro atoms. The Morgan fingerprint density at radius 2 is 1.10 bits per heavy atom. The van der Waals surface area contributed by atoms with Crippen LogP contribution < -0.4 is 0 Å². The predicted molar refractivity (Wildman–Crippen MR) is 200 cm³/mol. The summed E-state index contributed by atoms with van der Waals surface area (Å²) in [5.41, 5.74) is 0. The third kappa shape index (κ3) is 23.9. The van der Waals surface area contributed by atoms with E-state index in [0.29, 0.717) is 19.1 Å². The highest BCUT2D eigenvalue weighted by Crippen LogP contribution is 2.22. The summed E-state index contributed by atoms with van der Waals surface area (Å²) in [5, 5.41) is 30.3. The zero-order chi connectivity index (χ0) is 37.4. The van der Waals surface area contributed by atoms with Crippen molar-refractivity contribution in [1.29, 1.82) is 0 Å². The van der Waals surface area contributed by atoms with E-state index >= 15 is 0 Å². The number of carbonyl (C=O) groups is 3. The minimum absolute atomic E-state index is 0.185. The second kappa shape index (κ2) is 31.6. The summed E-state index contributed by atoms with van der Waals surface area (Å²) in [7, 11) is 0. The Kier molecular flexibility index (Phi) is 28.4. The topological polar surface area (TPSA) is 149 Å². The molecule has 51 heavy (non-hydrogen) atoms. The lowest BCUT2D eigenvalue weighted by molar-refractivity contribution is -0.292. The van der Waals surface area contributed by atoms with Crippen LogP contribution in [0.15, 0.2) is 73.9 Å². The molecule has 0 amide bonds. The Bertz CT molecular complexity index is 1060. The number of hydrogen-bond acceptors (Lipinski definition) is 10. The number of ether oxygens (including phenoxy) is 4. The molecule has 0 aromatic rings. The van der Waals surface area contributed by atoms with Crippen LogP contribution in [0.2, 0.25) is 0 Å². The van der Waals surface area contributed by atoms with Gasteiger partial charge in [-0.1, -0.05) is 99.3 Å². The molecule has 10 heteroatoms. The molecule has 0 saturated carbocycles. The molecule has 0 aromatic heterocycles. The number of aliphatic hydroxyl groups excluding tert-OH is 3. The van der Waals surface area contributed by atoms with E-state index < -0.39 is 48.7 Å². The van der Waals surface area contributed by atoms with Gasteiger partial charge >= 0.3 is 11.9 Å². The van der Waals surface area contributed by atoms with Gasteiger partial charge in [0.05, 0.1) is 6.61 Å². The highest BCUT2D eigenvalue weighted by atomic mass is 16.7. The van der Waals surface area contributed by atoms with E-state index in [1.54, 1.807) is 0 Å². The minimum Gasteiger partial charge on any atom is -0.462 e. The highest BCUT2D eigenvalue weighted by molar-refractivity contribution is 5.70. The van der Waals surface area contributed by atoms with Gasteiger partial charge in [0.15, 0.2) is 18.7 Å². The second-order valence-corrected chi connectivity index (χ2v) is 12.7. The van der Waals surface area contributed by atoms with Crippen LogP contribution >= 0.6 is 0 Å². The number of unbranched alkanes of at least 4 members (excludes halogenated alkanes) is 10. The van der Waals surface area contributed by atoms with E-state index in [-0.39, 0.29) is 26.1 Å². The Morgan fingerprint density at radius 1 is 0.608 bits per heavy atom. The lowest BCUT2D eigenvalue weighted by Gasteiger charge is -2.38. The predicted octanol–water partition coefficient (Wildman–Crippen LogP) is 7.08. The lowest BCUT2D eigenvalue weighted by Crippen LogP contribution is -2.59. The summed E-state index contributed by atoms with van der Waals surface area (Å²) in [6.45, 7) is 6.79. The summed E-state index contributed by atoms with van der Waals surface area (Å²) < 4.78 is 21.8. The van der Waals surface area contributed by atoms with E-state index in [9.17, 15) is 29.7 Å². The van der Waals surface area contributed by atoms with Gasteiger partial charge in [-0.25, -0.2) is 0 Å². The normalized spacial score (nSPS) is 21.4. The summed E-state index contributed by atoms with van der Waals surface area (Å²) in [5.74, 6) is -0.895. The average Bonchev–Trinajstić information content (AvgIpc) is 3.13. The molecule has 3 N–H and O–H groups in total. The molecule has 1 aliphatic rings. The van der Waals surface area contributed by atoms with Crippen molar-refractivity contribution in [3.8, 4) is 0 Å². The molecule has 1 rings (SSSR count). The summed E-state index contributed by atoms with van der Waals surface area (Å²) in [6.07, 6.45) is 28.0. The number of allylic oxidation sites excluding steroid dienone is 10. The molecule has 0 aromatic carbocycles. The fourth-order valence-corrected chi connectivity index (χ4v) is 5.23. The van der Waals surface area contributed by atoms with E-state index in [2.05, 4.69) is 61.8 Å². The van der Waals surface area contributed by atoms with Crippen LogP contribution in [0.25, 0.3) is 0 Å². The fourth-order valence-electron chi connectivity index (χ4n) is 5.23. The second-order valence-electron chi connectivity index (χ2n) is 12.7. The van der Waals surface area contributed by atoms with Crippen molar-refractivity contribution in [2.75, 3.05) is 13.2 Å². The van der Waals surface area contributed by atoms with E-state index in [1.807, 2.05) is 12.2 Å². The number of aliphatic hydroxyl groups is 3. The first kappa shape index (κ1) is 45.9. The molecule has 0 radical (unpaired) electrons. The van der Waals surface area contributed by atoms with Crippen molar-refractivity contribution in [2.45, 2.75) is 152 Å². The number of rotatable bonds is 31. The maximum atomic E-state index is 12.7. The van der Waals surface area contributed by atoms with Crippen LogP contribution in [0.1, 0.15) is 116 Å². The van der Waals surface area contributed by atoms with Crippen LogP contribution in [0, 0.1) is 0 Å². The zero-order valence-electron chi connectivity index (χ0n) is 30.6. The number of carbonyl (C=O) groups excluding carboxylic acids is 3. The van der Waals surface area contributed by atoms with Gasteiger partial charge in [-0.2, -0.15) is 0 Å². The maximum Gasteiger partial charge on any atom is 0.306 e. The Labute approximate surface area is 306 Å². The summed E-state index contributed by atoms with van der Waals surface area (Å²) in [4.78, 5) is 36.4. The van der Waals surface area contributed by atoms with Crippen molar-refractivity contribution in [1.82, 2.24) is 0 Å². The van der Waals surface area contributed by atoms with Crippen LogP contribution in [-0.4, -0.2) is 83.6 Å². The molecule has 1 heterocycles. The lowest BCUT2D eigenvalue weighted by atomic mass is 10.00. The average molecular weight is 717 g/mol. The van der Waals surface area contributed by atoms with Crippen LogP contribution in [0.5, 0.6) is 0 Å². The standard InChI is InChI=1S/C41H64O10/c1-3-5-7-9-11-13-15-17-19-21-23-25-27-29-36(43)48-32-34(33-49-41-40(47)39(46)38(45)35(31-42)51-41)50-37(44)30-28-26-24-22-20-18-16-14-12-10-8-6-4-2/h3-4,7-10,13-16,31,34-35,38-41,45-47H,1-2,5-6,11-12,17-30,32-33H2/b9-7+,10-8-,15-13+,16-14-/t34-,35-,38+,39+,40-,41-/m1/s1. The van der Waals surface area contributed by atoms with Crippen molar-refractivity contribution in [2.24, 2.45) is 0 Å². The Balaban J connectivity index is 2.42. The monoisotopic (exact) mass is 716 g/mol. The zero-order valence-corrected chi connectivity index (χ0v) is 30.6. The molecule has 1 fully saturated rings. The molecule has 1 aliphatic heterocycles. The first-order valence-corrected chi connectivity index (χ1v) is 18.8. The third-order valence-electron chi connectivity index (χ3n) is 8.24. The van der Waals surface area contributed by atoms with E-state index in [0.717, 1.165) is 89.9 Å². The van der Waals surface area contributed by atoms with Gasteiger partial charge in [0.2, 0.25) is 0 Å². The molecule has 1 saturated heterocycles. The van der Waals surface area contributed by atoms with Gasteiger partial charge < -0.3 is 39.1 Å². The highest BCUT2D eigenvalue weighted by Gasteiger charge is 2.44. The molecule has 10 nitrogen and oxygen atoms in total. The Morgan fingerprint density at radius 3 is 1.65 bits per heavy atom. The molecular weight excluding hydrogens is 652 g/mol. The molecular formula is C41H64O10. The van der Waals surface area contributed by atoms with Crippen molar-refractivity contribution < 1.29 is 48.7 Å². The number of hydrogen-bond donors (Lipinski definition) is 3. The minimum atomic E-state index is -1.68. The van der Waals surface area contributed by atoms with Crippen molar-refractivity contribution in [3.05, 3.63) is 73.9 Å².